The van der Waals surface area contributed by atoms with Crippen LogP contribution in [-0.4, -0.2) is 63.4 Å². The minimum Gasteiger partial charge on any atom is -0.450 e. The van der Waals surface area contributed by atoms with E-state index in [-0.39, 0.29) is 11.9 Å². The highest BCUT2D eigenvalue weighted by atomic mass is 32.2. The highest BCUT2D eigenvalue weighted by Crippen LogP contribution is 2.17. The molecule has 1 saturated heterocycles. The van der Waals surface area contributed by atoms with Gasteiger partial charge in [-0.2, -0.15) is 0 Å². The van der Waals surface area contributed by atoms with Gasteiger partial charge in [0.15, 0.2) is 0 Å². The van der Waals surface area contributed by atoms with Gasteiger partial charge in [0, 0.05) is 26.2 Å². The lowest BCUT2D eigenvalue weighted by molar-refractivity contribution is 0.105. The Hall–Kier alpha value is -2.03. The highest BCUT2D eigenvalue weighted by Gasteiger charge is 2.22. The smallest absolute Gasteiger partial charge is 0.409 e. The average Bonchev–Trinajstić information content (AvgIpc) is 2.47. The number of carbonyl (C=O) groups excluding carboxylic acids is 1. The first-order chi connectivity index (χ1) is 10.4. The van der Waals surface area contributed by atoms with Gasteiger partial charge in [-0.1, -0.05) is 0 Å². The third kappa shape index (κ3) is 4.48. The summed E-state index contributed by atoms with van der Waals surface area (Å²) in [5, 5.41) is 0. The van der Waals surface area contributed by atoms with Gasteiger partial charge in [-0.25, -0.2) is 18.2 Å². The molecule has 2 heterocycles. The molecule has 1 amide bonds. The molecule has 0 aliphatic carbocycles. The first-order valence-electron chi connectivity index (χ1n) is 6.99. The molecule has 1 aliphatic rings. The van der Waals surface area contributed by atoms with Crippen LogP contribution in [0, 0.1) is 0 Å². The number of pyridine rings is 1. The molecule has 1 aromatic heterocycles. The van der Waals surface area contributed by atoms with Crippen LogP contribution in [0.3, 0.4) is 0 Å². The maximum Gasteiger partial charge on any atom is 0.409 e. The van der Waals surface area contributed by atoms with E-state index >= 15 is 0 Å². The zero-order valence-corrected chi connectivity index (χ0v) is 13.5. The summed E-state index contributed by atoms with van der Waals surface area (Å²) in [4.78, 5) is 19.5. The Morgan fingerprint density at radius 2 is 2.00 bits per heavy atom. The molecule has 1 aromatic rings. The van der Waals surface area contributed by atoms with Crippen molar-refractivity contribution in [1.82, 2.24) is 9.88 Å². The second-order valence-corrected chi connectivity index (χ2v) is 6.70. The minimum atomic E-state index is -3.32. The Morgan fingerprint density at radius 1 is 1.32 bits per heavy atom. The zero-order chi connectivity index (χ0) is 16.2. The van der Waals surface area contributed by atoms with E-state index < -0.39 is 10.0 Å². The number of rotatable bonds is 4. The summed E-state index contributed by atoms with van der Waals surface area (Å²) in [6, 6.07) is 3.43. The molecule has 0 spiro atoms. The van der Waals surface area contributed by atoms with E-state index in [9.17, 15) is 13.2 Å². The second kappa shape index (κ2) is 6.82. The molecule has 122 valence electrons. The Kier molecular flexibility index (Phi) is 5.07. The normalized spacial score (nSPS) is 15.5. The molecule has 0 unspecified atom stereocenters. The number of carbonyl (C=O) groups is 1. The van der Waals surface area contributed by atoms with E-state index in [2.05, 4.69) is 14.6 Å². The summed E-state index contributed by atoms with van der Waals surface area (Å²) >= 11 is 0. The summed E-state index contributed by atoms with van der Waals surface area (Å²) in [7, 11) is -3.32. The number of amides is 1. The fourth-order valence-electron chi connectivity index (χ4n) is 2.19. The molecule has 2 rings (SSSR count). The number of nitrogens with zero attached hydrogens (tertiary/aromatic N) is 3. The second-order valence-electron chi connectivity index (χ2n) is 4.95. The first kappa shape index (κ1) is 16.3. The van der Waals surface area contributed by atoms with E-state index in [1.54, 1.807) is 30.2 Å². The summed E-state index contributed by atoms with van der Waals surface area (Å²) in [5.74, 6) is 0.288. The molecule has 1 aliphatic heterocycles. The first-order valence-corrected chi connectivity index (χ1v) is 8.88. The van der Waals surface area contributed by atoms with E-state index in [1.165, 1.54) is 0 Å². The summed E-state index contributed by atoms with van der Waals surface area (Å²) in [6.45, 7) is 4.69. The van der Waals surface area contributed by atoms with Gasteiger partial charge in [0.05, 0.1) is 24.7 Å². The van der Waals surface area contributed by atoms with Gasteiger partial charge in [0.25, 0.3) is 0 Å². The van der Waals surface area contributed by atoms with Gasteiger partial charge in [-0.05, 0) is 19.1 Å². The van der Waals surface area contributed by atoms with Gasteiger partial charge < -0.3 is 14.5 Å². The number of hydrogen-bond acceptors (Lipinski definition) is 6. The topological polar surface area (TPSA) is 91.8 Å². The highest BCUT2D eigenvalue weighted by molar-refractivity contribution is 7.92. The van der Waals surface area contributed by atoms with Crippen molar-refractivity contribution in [1.29, 1.82) is 0 Å². The number of aromatic nitrogens is 1. The number of piperazine rings is 1. The van der Waals surface area contributed by atoms with Crippen molar-refractivity contribution in [2.45, 2.75) is 6.92 Å². The molecule has 0 atom stereocenters. The Labute approximate surface area is 130 Å². The third-order valence-electron chi connectivity index (χ3n) is 3.21. The van der Waals surface area contributed by atoms with Crippen LogP contribution < -0.4 is 9.62 Å². The van der Waals surface area contributed by atoms with Crippen LogP contribution >= 0.6 is 0 Å². The summed E-state index contributed by atoms with van der Waals surface area (Å²) in [6.07, 6.45) is 2.41. The molecular formula is C13H20N4O4S. The average molecular weight is 328 g/mol. The molecular weight excluding hydrogens is 308 g/mol. The molecule has 1 fully saturated rings. The van der Waals surface area contributed by atoms with E-state index in [1.807, 2.05) is 0 Å². The lowest BCUT2D eigenvalue weighted by atomic mass is 10.3. The van der Waals surface area contributed by atoms with Crippen molar-refractivity contribution in [2.24, 2.45) is 0 Å². The maximum atomic E-state index is 11.6. The molecule has 1 N–H and O–H groups in total. The van der Waals surface area contributed by atoms with E-state index in [0.717, 1.165) is 11.9 Å². The van der Waals surface area contributed by atoms with Crippen molar-refractivity contribution in [2.75, 3.05) is 48.7 Å². The van der Waals surface area contributed by atoms with Gasteiger partial charge in [0.2, 0.25) is 10.0 Å². The van der Waals surface area contributed by atoms with Gasteiger partial charge in [-0.15, -0.1) is 0 Å². The lowest BCUT2D eigenvalue weighted by Gasteiger charge is -2.35. The van der Waals surface area contributed by atoms with E-state index in [4.69, 9.17) is 4.74 Å². The largest absolute Gasteiger partial charge is 0.450 e. The molecule has 8 nitrogen and oxygen atoms in total. The fraction of sp³-hybridized carbons (Fsp3) is 0.538. The quantitative estimate of drug-likeness (QED) is 0.876. The fourth-order valence-corrected chi connectivity index (χ4v) is 2.69. The van der Waals surface area contributed by atoms with Gasteiger partial charge in [0.1, 0.15) is 5.82 Å². The van der Waals surface area contributed by atoms with Crippen LogP contribution in [0.1, 0.15) is 6.92 Å². The Morgan fingerprint density at radius 3 is 2.50 bits per heavy atom. The third-order valence-corrected chi connectivity index (χ3v) is 3.79. The molecule has 9 heteroatoms. The monoisotopic (exact) mass is 328 g/mol. The lowest BCUT2D eigenvalue weighted by Crippen LogP contribution is -2.49. The van der Waals surface area contributed by atoms with Gasteiger partial charge in [-0.3, -0.25) is 4.72 Å². The van der Waals surface area contributed by atoms with Crippen LogP contribution in [0.5, 0.6) is 0 Å². The molecule has 0 bridgehead atoms. The SMILES string of the molecule is CCOC(=O)N1CCN(c2ccc(NS(C)(=O)=O)nc2)CC1. The van der Waals surface area contributed by atoms with Crippen LogP contribution in [0.25, 0.3) is 0 Å². The standard InChI is InChI=1S/C13H20N4O4S/c1-3-21-13(18)17-8-6-16(7-9-17)11-4-5-12(14-10-11)15-22(2,19)20/h4-5,10H,3,6-9H2,1-2H3,(H,14,15). The molecule has 22 heavy (non-hydrogen) atoms. The van der Waals surface area contributed by atoms with Crippen molar-refractivity contribution in [3.63, 3.8) is 0 Å². The van der Waals surface area contributed by atoms with Crippen molar-refractivity contribution in [3.8, 4) is 0 Å². The number of sulfonamides is 1. The number of ether oxygens (including phenoxy) is 1. The van der Waals surface area contributed by atoms with Crippen molar-refractivity contribution < 1.29 is 17.9 Å². The molecule has 0 radical (unpaired) electrons. The van der Waals surface area contributed by atoms with Gasteiger partial charge >= 0.3 is 6.09 Å². The predicted molar refractivity (Wildman–Crippen MR) is 83.5 cm³/mol. The van der Waals surface area contributed by atoms with Crippen LogP contribution in [0.15, 0.2) is 18.3 Å². The predicted octanol–water partition coefficient (Wildman–Crippen LogP) is 0.732. The van der Waals surface area contributed by atoms with E-state index in [0.29, 0.717) is 32.8 Å². The number of nitrogens with one attached hydrogen (secondary N) is 1. The molecule has 0 aromatic carbocycles. The van der Waals surface area contributed by atoms with Crippen molar-refractivity contribution in [3.05, 3.63) is 18.3 Å². The zero-order valence-electron chi connectivity index (χ0n) is 12.7. The van der Waals surface area contributed by atoms with Crippen LogP contribution in [0.4, 0.5) is 16.3 Å². The number of anilines is 2. The number of hydrogen-bond donors (Lipinski definition) is 1. The van der Waals surface area contributed by atoms with Crippen LogP contribution in [-0.2, 0) is 14.8 Å². The summed E-state index contributed by atoms with van der Waals surface area (Å²) < 4.78 is 29.6. The maximum absolute atomic E-state index is 11.6. The Bertz CT molecular complexity index is 609. The van der Waals surface area contributed by atoms with Crippen molar-refractivity contribution >= 4 is 27.6 Å². The Balaban J connectivity index is 1.93. The summed E-state index contributed by atoms with van der Waals surface area (Å²) in [5.41, 5.74) is 0.891. The molecule has 0 saturated carbocycles. The minimum absolute atomic E-state index is 0.284. The van der Waals surface area contributed by atoms with Crippen LogP contribution in [0.2, 0.25) is 0 Å².